The molecule has 1 aliphatic rings. The summed E-state index contributed by atoms with van der Waals surface area (Å²) in [7, 11) is 0. The zero-order valence-electron chi connectivity index (χ0n) is 31.5. The first-order valence-corrected chi connectivity index (χ1v) is 19.9. The molecule has 1 heteroatoms. The van der Waals surface area contributed by atoms with Gasteiger partial charge in [-0.15, -0.1) is 0 Å². The number of aryl methyl sites for hydroxylation is 3. The summed E-state index contributed by atoms with van der Waals surface area (Å²) < 4.78 is 6.59. The molecule has 0 radical (unpaired) electrons. The Morgan fingerprint density at radius 3 is 1.74 bits per heavy atom. The zero-order valence-corrected chi connectivity index (χ0v) is 31.5. The minimum atomic E-state index is 0.105. The van der Waals surface area contributed by atoms with Crippen molar-refractivity contribution in [2.75, 3.05) is 6.61 Å². The summed E-state index contributed by atoms with van der Waals surface area (Å²) in [6.45, 7) is 16.8. The van der Waals surface area contributed by atoms with Crippen molar-refractivity contribution in [2.45, 2.75) is 169 Å². The summed E-state index contributed by atoms with van der Waals surface area (Å²) >= 11 is 0. The molecule has 1 atom stereocenters. The highest BCUT2D eigenvalue weighted by atomic mass is 16.5. The van der Waals surface area contributed by atoms with Gasteiger partial charge in [0.25, 0.3) is 0 Å². The number of rotatable bonds is 22. The number of unbranched alkanes of at least 4 members (excludes halogenated alkanes) is 11. The van der Waals surface area contributed by atoms with E-state index in [1.54, 1.807) is 11.1 Å². The SMILES string of the molecule is CCCCCCCCC1(CCCCCCCC)c2cc(C)ccc2-c2ccc(-c3cc(OCC(CC)CCCC)c(C)cc3C)cc21. The normalized spacial score (nSPS) is 13.9. The third kappa shape index (κ3) is 9.55. The van der Waals surface area contributed by atoms with Crippen LogP contribution in [0.15, 0.2) is 48.5 Å². The van der Waals surface area contributed by atoms with Gasteiger partial charge in [0, 0.05) is 5.41 Å². The van der Waals surface area contributed by atoms with Gasteiger partial charge >= 0.3 is 0 Å². The number of benzene rings is 3. The standard InChI is InChI=1S/C46H68O/c1-8-12-15-17-19-21-28-46(29-22-20-18-16-13-9-2)43-30-35(5)24-26-40(43)41-27-25-39(32-44(41)46)42-33-45(37(7)31-36(42)6)47-34-38(11-4)23-14-10-3/h24-27,30-33,38H,8-23,28-29,34H2,1-7H3. The van der Waals surface area contributed by atoms with Crippen LogP contribution in [0.1, 0.15) is 171 Å². The van der Waals surface area contributed by atoms with E-state index in [0.717, 1.165) is 12.4 Å². The molecule has 0 fully saturated rings. The molecule has 3 aromatic rings. The number of ether oxygens (including phenoxy) is 1. The van der Waals surface area contributed by atoms with E-state index < -0.39 is 0 Å². The van der Waals surface area contributed by atoms with Gasteiger partial charge in [0.2, 0.25) is 0 Å². The maximum absolute atomic E-state index is 6.59. The third-order valence-corrected chi connectivity index (χ3v) is 11.3. The van der Waals surface area contributed by atoms with E-state index in [1.165, 1.54) is 155 Å². The van der Waals surface area contributed by atoms with Crippen molar-refractivity contribution >= 4 is 0 Å². The number of hydrogen-bond acceptors (Lipinski definition) is 1. The molecule has 47 heavy (non-hydrogen) atoms. The summed E-state index contributed by atoms with van der Waals surface area (Å²) in [6.07, 6.45) is 23.7. The number of hydrogen-bond donors (Lipinski definition) is 0. The Bertz CT molecular complexity index is 1360. The molecule has 0 bridgehead atoms. The maximum atomic E-state index is 6.59. The lowest BCUT2D eigenvalue weighted by molar-refractivity contribution is 0.232. The van der Waals surface area contributed by atoms with Gasteiger partial charge in [-0.3, -0.25) is 0 Å². The Morgan fingerprint density at radius 1 is 0.553 bits per heavy atom. The molecule has 0 N–H and O–H groups in total. The van der Waals surface area contributed by atoms with Crippen molar-refractivity contribution in [3.63, 3.8) is 0 Å². The molecule has 0 aromatic heterocycles. The Balaban J connectivity index is 1.71. The second kappa shape index (κ2) is 18.9. The average molecular weight is 637 g/mol. The zero-order chi connectivity index (χ0) is 33.6. The first-order chi connectivity index (χ1) is 22.9. The lowest BCUT2D eigenvalue weighted by Crippen LogP contribution is -2.25. The van der Waals surface area contributed by atoms with Crippen LogP contribution in [0.25, 0.3) is 22.3 Å². The van der Waals surface area contributed by atoms with Crippen LogP contribution in [-0.2, 0) is 5.41 Å². The lowest BCUT2D eigenvalue weighted by atomic mass is 9.70. The predicted molar refractivity (Wildman–Crippen MR) is 207 cm³/mol. The minimum absolute atomic E-state index is 0.105. The van der Waals surface area contributed by atoms with Crippen molar-refractivity contribution in [3.8, 4) is 28.0 Å². The molecule has 258 valence electrons. The maximum Gasteiger partial charge on any atom is 0.122 e. The first-order valence-electron chi connectivity index (χ1n) is 19.9. The van der Waals surface area contributed by atoms with Crippen molar-refractivity contribution < 1.29 is 4.74 Å². The van der Waals surface area contributed by atoms with Crippen LogP contribution in [0.3, 0.4) is 0 Å². The van der Waals surface area contributed by atoms with Crippen molar-refractivity contribution in [1.29, 1.82) is 0 Å². The van der Waals surface area contributed by atoms with Crippen LogP contribution < -0.4 is 4.74 Å². The first kappa shape index (κ1) is 37.3. The molecule has 0 spiro atoms. The van der Waals surface area contributed by atoms with E-state index in [4.69, 9.17) is 4.74 Å². The second-order valence-corrected chi connectivity index (χ2v) is 15.1. The molecule has 0 heterocycles. The van der Waals surface area contributed by atoms with Gasteiger partial charge in [0.1, 0.15) is 5.75 Å². The van der Waals surface area contributed by atoms with Gasteiger partial charge in [0.05, 0.1) is 6.61 Å². The highest BCUT2D eigenvalue weighted by molar-refractivity contribution is 5.85. The second-order valence-electron chi connectivity index (χ2n) is 15.1. The smallest absolute Gasteiger partial charge is 0.122 e. The van der Waals surface area contributed by atoms with Gasteiger partial charge in [-0.1, -0.05) is 166 Å². The van der Waals surface area contributed by atoms with Gasteiger partial charge in [-0.25, -0.2) is 0 Å². The molecule has 3 aromatic carbocycles. The van der Waals surface area contributed by atoms with Crippen LogP contribution in [0.5, 0.6) is 5.75 Å². The lowest BCUT2D eigenvalue weighted by Gasteiger charge is -2.33. The Hall–Kier alpha value is -2.54. The molecule has 0 aliphatic heterocycles. The number of fused-ring (bicyclic) bond motifs is 3. The Morgan fingerprint density at radius 2 is 1.13 bits per heavy atom. The van der Waals surface area contributed by atoms with E-state index in [2.05, 4.69) is 97.0 Å². The molecule has 1 unspecified atom stereocenters. The highest BCUT2D eigenvalue weighted by Crippen LogP contribution is 2.55. The topological polar surface area (TPSA) is 9.23 Å². The fourth-order valence-corrected chi connectivity index (χ4v) is 8.26. The molecule has 1 nitrogen and oxygen atoms in total. The van der Waals surface area contributed by atoms with E-state index in [9.17, 15) is 0 Å². The van der Waals surface area contributed by atoms with Crippen LogP contribution in [-0.4, -0.2) is 6.61 Å². The van der Waals surface area contributed by atoms with E-state index >= 15 is 0 Å². The molecule has 4 rings (SSSR count). The van der Waals surface area contributed by atoms with Crippen LogP contribution >= 0.6 is 0 Å². The quantitative estimate of drug-likeness (QED) is 0.0997. The van der Waals surface area contributed by atoms with Crippen LogP contribution in [0, 0.1) is 26.7 Å². The van der Waals surface area contributed by atoms with E-state index in [-0.39, 0.29) is 5.41 Å². The summed E-state index contributed by atoms with van der Waals surface area (Å²) in [5.41, 5.74) is 12.9. The van der Waals surface area contributed by atoms with Gasteiger partial charge in [-0.05, 0) is 103 Å². The molecule has 1 aliphatic carbocycles. The third-order valence-electron chi connectivity index (χ3n) is 11.3. The van der Waals surface area contributed by atoms with Gasteiger partial charge in [0.15, 0.2) is 0 Å². The van der Waals surface area contributed by atoms with Crippen molar-refractivity contribution in [2.24, 2.45) is 5.92 Å². The van der Waals surface area contributed by atoms with E-state index in [1.807, 2.05) is 0 Å². The summed E-state index contributed by atoms with van der Waals surface area (Å²) in [4.78, 5) is 0. The Labute approximate surface area is 290 Å². The fourth-order valence-electron chi connectivity index (χ4n) is 8.26. The minimum Gasteiger partial charge on any atom is -0.493 e. The van der Waals surface area contributed by atoms with E-state index in [0.29, 0.717) is 5.92 Å². The summed E-state index contributed by atoms with van der Waals surface area (Å²) in [6, 6.07) is 19.5. The fraction of sp³-hybridized carbons (Fsp3) is 0.609. The highest BCUT2D eigenvalue weighted by Gasteiger charge is 2.42. The molecular formula is C46H68O. The molecular weight excluding hydrogens is 569 g/mol. The van der Waals surface area contributed by atoms with Crippen molar-refractivity contribution in [1.82, 2.24) is 0 Å². The Kier molecular flexibility index (Phi) is 15.0. The predicted octanol–water partition coefficient (Wildman–Crippen LogP) is 14.6. The average Bonchev–Trinajstić information content (AvgIpc) is 3.33. The summed E-state index contributed by atoms with van der Waals surface area (Å²) in [5, 5.41) is 0. The molecule has 0 amide bonds. The van der Waals surface area contributed by atoms with Gasteiger partial charge < -0.3 is 4.74 Å². The van der Waals surface area contributed by atoms with Crippen LogP contribution in [0.2, 0.25) is 0 Å². The van der Waals surface area contributed by atoms with Crippen LogP contribution in [0.4, 0.5) is 0 Å². The summed E-state index contributed by atoms with van der Waals surface area (Å²) in [5.74, 6) is 1.69. The molecule has 0 saturated heterocycles. The van der Waals surface area contributed by atoms with Crippen molar-refractivity contribution in [3.05, 3.63) is 76.3 Å². The van der Waals surface area contributed by atoms with Gasteiger partial charge in [-0.2, -0.15) is 0 Å². The monoisotopic (exact) mass is 637 g/mol. The largest absolute Gasteiger partial charge is 0.493 e. The molecule has 0 saturated carbocycles.